The molecule has 8 bridgehead atoms. The van der Waals surface area contributed by atoms with Gasteiger partial charge in [-0.1, -0.05) is 40.0 Å². The maximum atomic E-state index is 14.1. The molecular formula is C41H51N5O5. The van der Waals surface area contributed by atoms with Crippen LogP contribution in [0, 0.1) is 13.8 Å². The summed E-state index contributed by atoms with van der Waals surface area (Å²) in [7, 11) is 2.66. The lowest BCUT2D eigenvalue weighted by Gasteiger charge is -2.12. The molecule has 0 radical (unpaired) electrons. The van der Waals surface area contributed by atoms with Crippen LogP contribution in [0.3, 0.4) is 0 Å². The van der Waals surface area contributed by atoms with Gasteiger partial charge in [0.05, 0.1) is 42.6 Å². The molecule has 2 aliphatic rings. The van der Waals surface area contributed by atoms with Crippen molar-refractivity contribution >= 4 is 62.2 Å². The fraction of sp³-hybridized carbons (Fsp3) is 0.439. The Labute approximate surface area is 300 Å². The number of nitrogens with zero attached hydrogens (tertiary/aromatic N) is 2. The van der Waals surface area contributed by atoms with E-state index >= 15 is 0 Å². The summed E-state index contributed by atoms with van der Waals surface area (Å²) in [6.45, 7) is 14.9. The van der Waals surface area contributed by atoms with Crippen LogP contribution in [0.25, 0.3) is 44.4 Å². The van der Waals surface area contributed by atoms with Gasteiger partial charge in [0.1, 0.15) is 5.56 Å². The second-order valence-corrected chi connectivity index (χ2v) is 13.3. The van der Waals surface area contributed by atoms with Crippen LogP contribution < -0.4 is 5.32 Å². The van der Waals surface area contributed by atoms with Gasteiger partial charge in [-0.15, -0.1) is 0 Å². The number of unbranched alkanes of at least 4 members (excludes halogenated alkanes) is 3. The molecule has 0 atom stereocenters. The average molecular weight is 694 g/mol. The molecule has 0 aromatic carbocycles. The highest BCUT2D eigenvalue weighted by molar-refractivity contribution is 6.29. The van der Waals surface area contributed by atoms with Crippen LogP contribution in [-0.4, -0.2) is 58.5 Å². The third-order valence-corrected chi connectivity index (χ3v) is 10.3. The van der Waals surface area contributed by atoms with E-state index in [9.17, 15) is 14.4 Å². The molecule has 0 aliphatic carbocycles. The van der Waals surface area contributed by atoms with E-state index in [0.717, 1.165) is 82.9 Å². The number of aryl methyl sites for hydroxylation is 4. The third kappa shape index (κ3) is 7.27. The van der Waals surface area contributed by atoms with Gasteiger partial charge >= 0.3 is 11.9 Å². The van der Waals surface area contributed by atoms with Crippen LogP contribution in [0.2, 0.25) is 0 Å². The molecule has 0 saturated carbocycles. The van der Waals surface area contributed by atoms with Gasteiger partial charge in [-0.3, -0.25) is 9.59 Å². The SMILES string of the molecule is CCCCCCNC(=O)C1=C(C)c2cc3[nH]c(cc4[nH]c(cc5nc(c(C(=O)OC)c1n2)C(CCC(=O)OC)=C5C)c(C)c4CC)c(C)c3CC. The molecule has 10 nitrogen and oxygen atoms in total. The normalized spacial score (nSPS) is 12.8. The summed E-state index contributed by atoms with van der Waals surface area (Å²) >= 11 is 0. The predicted molar refractivity (Wildman–Crippen MR) is 204 cm³/mol. The van der Waals surface area contributed by atoms with Gasteiger partial charge in [0.15, 0.2) is 0 Å². The van der Waals surface area contributed by atoms with Crippen molar-refractivity contribution in [1.82, 2.24) is 25.3 Å². The quantitative estimate of drug-likeness (QED) is 0.128. The van der Waals surface area contributed by atoms with Crippen molar-refractivity contribution in [2.45, 2.75) is 99.8 Å². The Kier molecular flexibility index (Phi) is 11.6. The van der Waals surface area contributed by atoms with Gasteiger partial charge < -0.3 is 24.8 Å². The lowest BCUT2D eigenvalue weighted by atomic mass is 9.95. The minimum atomic E-state index is -0.672. The number of ether oxygens (including phenoxy) is 2. The van der Waals surface area contributed by atoms with Gasteiger partial charge in [0, 0.05) is 35.0 Å². The third-order valence-electron chi connectivity index (χ3n) is 10.3. The molecule has 51 heavy (non-hydrogen) atoms. The van der Waals surface area contributed by atoms with Crippen molar-refractivity contribution in [2.24, 2.45) is 0 Å². The number of aromatic nitrogens is 4. The summed E-state index contributed by atoms with van der Waals surface area (Å²) in [5.74, 6) is -1.37. The molecule has 0 fully saturated rings. The number of allylic oxidation sites excluding steroid dienone is 3. The van der Waals surface area contributed by atoms with E-state index in [2.05, 4.69) is 56.0 Å². The zero-order chi connectivity index (χ0) is 37.0. The topological polar surface area (TPSA) is 139 Å². The number of rotatable bonds is 12. The van der Waals surface area contributed by atoms with Crippen molar-refractivity contribution in [2.75, 3.05) is 20.8 Å². The summed E-state index contributed by atoms with van der Waals surface area (Å²) in [5, 5.41) is 3.09. The van der Waals surface area contributed by atoms with Gasteiger partial charge in [-0.25, -0.2) is 14.8 Å². The Hall–Kier alpha value is -4.99. The highest BCUT2D eigenvalue weighted by atomic mass is 16.5. The van der Waals surface area contributed by atoms with Crippen molar-refractivity contribution < 1.29 is 23.9 Å². The number of aromatic amines is 2. The Balaban J connectivity index is 1.94. The zero-order valence-corrected chi connectivity index (χ0v) is 31.5. The van der Waals surface area contributed by atoms with Crippen molar-refractivity contribution in [3.05, 3.63) is 68.8 Å². The first-order chi connectivity index (χ1) is 24.5. The number of hydrogen-bond acceptors (Lipinski definition) is 7. The van der Waals surface area contributed by atoms with Crippen LogP contribution in [-0.2, 0) is 31.9 Å². The van der Waals surface area contributed by atoms with Crippen molar-refractivity contribution in [3.8, 4) is 0 Å². The Morgan fingerprint density at radius 3 is 1.92 bits per heavy atom. The van der Waals surface area contributed by atoms with E-state index in [1.807, 2.05) is 26.0 Å². The van der Waals surface area contributed by atoms with E-state index in [-0.39, 0.29) is 36.0 Å². The monoisotopic (exact) mass is 693 g/mol. The number of fused-ring (bicyclic) bond motifs is 8. The molecule has 0 unspecified atom stereocenters. The van der Waals surface area contributed by atoms with E-state index in [1.165, 1.54) is 19.8 Å². The van der Waals surface area contributed by atoms with Crippen LogP contribution in [0.4, 0.5) is 0 Å². The van der Waals surface area contributed by atoms with Gasteiger partial charge in [0.2, 0.25) is 0 Å². The highest BCUT2D eigenvalue weighted by Crippen LogP contribution is 2.40. The number of methoxy groups -OCH3 is 2. The molecule has 5 heterocycles. The first kappa shape index (κ1) is 37.3. The standard InChI is InChI=1S/C41H51N5O5/c1-10-13-14-15-18-42-40(48)36-25(7)32-21-34-27(12-3)23(5)30(44-34)20-33-26(11-2)22(4)29(43-33)19-31-24(6)28(16-17-35(47)50-8)38(45-31)37(39(36)46-32)41(49)51-9/h19-21,43-44H,10-18H2,1-9H3,(H,42,48). The molecule has 3 N–H and O–H groups in total. The maximum absolute atomic E-state index is 14.1. The molecular weight excluding hydrogens is 642 g/mol. The average Bonchev–Trinajstić information content (AvgIpc) is 3.79. The summed E-state index contributed by atoms with van der Waals surface area (Å²) < 4.78 is 10.4. The number of carbonyl (C=O) groups is 3. The van der Waals surface area contributed by atoms with Gasteiger partial charge in [-0.05, 0) is 111 Å². The van der Waals surface area contributed by atoms with E-state index in [0.29, 0.717) is 40.3 Å². The smallest absolute Gasteiger partial charge is 0.342 e. The second-order valence-electron chi connectivity index (χ2n) is 13.3. The van der Waals surface area contributed by atoms with Crippen LogP contribution in [0.15, 0.2) is 18.2 Å². The van der Waals surface area contributed by atoms with E-state index in [4.69, 9.17) is 19.4 Å². The van der Waals surface area contributed by atoms with Crippen LogP contribution >= 0.6 is 0 Å². The molecule has 0 saturated heterocycles. The number of carbonyl (C=O) groups excluding carboxylic acids is 3. The van der Waals surface area contributed by atoms with Crippen molar-refractivity contribution in [3.63, 3.8) is 0 Å². The number of H-pyrrole nitrogens is 2. The second kappa shape index (κ2) is 15.9. The fourth-order valence-electron chi connectivity index (χ4n) is 7.22. The van der Waals surface area contributed by atoms with Crippen LogP contribution in [0.1, 0.15) is 129 Å². The Morgan fingerprint density at radius 1 is 0.725 bits per heavy atom. The molecule has 5 rings (SSSR count). The number of esters is 2. The summed E-state index contributed by atoms with van der Waals surface area (Å²) in [6.07, 6.45) is 5.98. The largest absolute Gasteiger partial charge is 0.469 e. The molecule has 0 spiro atoms. The first-order valence-electron chi connectivity index (χ1n) is 18.1. The fourth-order valence-corrected chi connectivity index (χ4v) is 7.22. The molecule has 3 aromatic heterocycles. The first-order valence-corrected chi connectivity index (χ1v) is 18.1. The van der Waals surface area contributed by atoms with E-state index in [1.54, 1.807) is 0 Å². The summed E-state index contributed by atoms with van der Waals surface area (Å²) in [6, 6.07) is 6.12. The number of hydrogen-bond donors (Lipinski definition) is 3. The maximum Gasteiger partial charge on any atom is 0.342 e. The minimum absolute atomic E-state index is 0.0796. The van der Waals surface area contributed by atoms with Crippen molar-refractivity contribution in [1.29, 1.82) is 0 Å². The minimum Gasteiger partial charge on any atom is -0.469 e. The molecule has 2 aliphatic heterocycles. The highest BCUT2D eigenvalue weighted by Gasteiger charge is 2.33. The Morgan fingerprint density at radius 2 is 1.31 bits per heavy atom. The zero-order valence-electron chi connectivity index (χ0n) is 31.5. The lowest BCUT2D eigenvalue weighted by Crippen LogP contribution is -2.26. The lowest BCUT2D eigenvalue weighted by molar-refractivity contribution is -0.140. The predicted octanol–water partition coefficient (Wildman–Crippen LogP) is 8.35. The summed E-state index contributed by atoms with van der Waals surface area (Å²) in [5.41, 5.74) is 12.6. The number of nitrogens with one attached hydrogen (secondary N) is 3. The summed E-state index contributed by atoms with van der Waals surface area (Å²) in [4.78, 5) is 57.9. The van der Waals surface area contributed by atoms with Crippen LogP contribution in [0.5, 0.6) is 0 Å². The molecule has 270 valence electrons. The van der Waals surface area contributed by atoms with E-state index < -0.39 is 5.97 Å². The van der Waals surface area contributed by atoms with Gasteiger partial charge in [-0.2, -0.15) is 0 Å². The molecule has 10 heteroatoms. The molecule has 3 aromatic rings. The molecule has 1 amide bonds. The number of amides is 1. The Bertz CT molecular complexity index is 2110. The van der Waals surface area contributed by atoms with Gasteiger partial charge in [0.25, 0.3) is 5.91 Å².